The second-order valence-electron chi connectivity index (χ2n) is 4.24. The summed E-state index contributed by atoms with van der Waals surface area (Å²) in [6.07, 6.45) is 1.71. The summed E-state index contributed by atoms with van der Waals surface area (Å²) in [7, 11) is 0. The molecule has 0 fully saturated rings. The van der Waals surface area contributed by atoms with Gasteiger partial charge in [0.1, 0.15) is 0 Å². The van der Waals surface area contributed by atoms with E-state index in [2.05, 4.69) is 10.3 Å². The molecule has 0 aliphatic rings. The van der Waals surface area contributed by atoms with Crippen molar-refractivity contribution >= 4 is 5.91 Å². The zero-order valence-corrected chi connectivity index (χ0v) is 10.6. The van der Waals surface area contributed by atoms with Gasteiger partial charge in [-0.2, -0.15) is 0 Å². The summed E-state index contributed by atoms with van der Waals surface area (Å²) in [6.45, 7) is 0.709. The third-order valence-corrected chi connectivity index (χ3v) is 2.92. The molecule has 0 bridgehead atoms. The smallest absolute Gasteiger partial charge is 0.229 e. The maximum atomic E-state index is 12.1. The van der Waals surface area contributed by atoms with E-state index in [1.54, 1.807) is 6.20 Å². The summed E-state index contributed by atoms with van der Waals surface area (Å²) < 4.78 is 0. The highest BCUT2D eigenvalue weighted by atomic mass is 16.1. The Labute approximate surface area is 112 Å². The third kappa shape index (κ3) is 3.63. The molecule has 4 nitrogen and oxygen atoms in total. The summed E-state index contributed by atoms with van der Waals surface area (Å²) >= 11 is 0. The normalized spacial score (nSPS) is 11.8. The first-order chi connectivity index (χ1) is 9.31. The van der Waals surface area contributed by atoms with Gasteiger partial charge in [0.2, 0.25) is 5.91 Å². The van der Waals surface area contributed by atoms with Crippen molar-refractivity contribution in [3.63, 3.8) is 0 Å². The van der Waals surface area contributed by atoms with E-state index >= 15 is 0 Å². The fourth-order valence-electron chi connectivity index (χ4n) is 1.88. The van der Waals surface area contributed by atoms with Gasteiger partial charge in [-0.3, -0.25) is 9.78 Å². The molecule has 1 aromatic heterocycles. The number of amides is 1. The lowest BCUT2D eigenvalue weighted by Crippen LogP contribution is -2.33. The highest BCUT2D eigenvalue weighted by molar-refractivity contribution is 5.83. The van der Waals surface area contributed by atoms with E-state index in [1.807, 2.05) is 48.5 Å². The number of pyridine rings is 1. The monoisotopic (exact) mass is 255 g/mol. The molecule has 2 aromatic rings. The molecule has 0 saturated carbocycles. The van der Waals surface area contributed by atoms with E-state index in [0.717, 1.165) is 11.3 Å². The van der Waals surface area contributed by atoms with E-state index < -0.39 is 0 Å². The Kier molecular flexibility index (Phi) is 4.64. The molecule has 3 N–H and O–H groups in total. The number of nitrogens with zero attached hydrogens (tertiary/aromatic N) is 1. The number of carbonyl (C=O) groups excluding carboxylic acids is 1. The lowest BCUT2D eigenvalue weighted by Gasteiger charge is -2.15. The number of aromatic nitrogens is 1. The van der Waals surface area contributed by atoms with E-state index in [9.17, 15) is 4.79 Å². The van der Waals surface area contributed by atoms with E-state index in [4.69, 9.17) is 5.73 Å². The van der Waals surface area contributed by atoms with Crippen LogP contribution in [-0.4, -0.2) is 17.4 Å². The van der Waals surface area contributed by atoms with E-state index in [1.165, 1.54) is 0 Å². The SMILES string of the molecule is NCC(C(=O)NCc1ccccn1)c1ccccc1. The fraction of sp³-hybridized carbons (Fsp3) is 0.200. The van der Waals surface area contributed by atoms with Gasteiger partial charge in [0.05, 0.1) is 18.2 Å². The van der Waals surface area contributed by atoms with Gasteiger partial charge < -0.3 is 11.1 Å². The van der Waals surface area contributed by atoms with Crippen LogP contribution in [0.5, 0.6) is 0 Å². The van der Waals surface area contributed by atoms with Crippen LogP contribution in [0, 0.1) is 0 Å². The molecule has 4 heteroatoms. The van der Waals surface area contributed by atoms with E-state index in [0.29, 0.717) is 6.54 Å². The Hall–Kier alpha value is -2.20. The van der Waals surface area contributed by atoms with Crippen LogP contribution in [-0.2, 0) is 11.3 Å². The largest absolute Gasteiger partial charge is 0.350 e. The Morgan fingerprint density at radius 1 is 1.16 bits per heavy atom. The minimum Gasteiger partial charge on any atom is -0.350 e. The summed E-state index contributed by atoms with van der Waals surface area (Å²) in [5.41, 5.74) is 7.47. The Bertz CT molecular complexity index is 513. The molecule has 0 spiro atoms. The number of hydrogen-bond acceptors (Lipinski definition) is 3. The molecular formula is C15H17N3O. The van der Waals surface area contributed by atoms with Gasteiger partial charge in [-0.1, -0.05) is 36.4 Å². The molecule has 1 heterocycles. The Morgan fingerprint density at radius 2 is 1.89 bits per heavy atom. The Morgan fingerprint density at radius 3 is 2.53 bits per heavy atom. The number of benzene rings is 1. The lowest BCUT2D eigenvalue weighted by molar-refractivity contribution is -0.122. The predicted molar refractivity (Wildman–Crippen MR) is 74.3 cm³/mol. The molecule has 0 radical (unpaired) electrons. The minimum absolute atomic E-state index is 0.0700. The molecule has 1 aromatic carbocycles. The molecular weight excluding hydrogens is 238 g/mol. The molecule has 1 amide bonds. The quantitative estimate of drug-likeness (QED) is 0.849. The van der Waals surface area contributed by atoms with Crippen molar-refractivity contribution in [1.82, 2.24) is 10.3 Å². The summed E-state index contributed by atoms with van der Waals surface area (Å²) in [5, 5.41) is 2.87. The van der Waals surface area contributed by atoms with E-state index in [-0.39, 0.29) is 18.4 Å². The second kappa shape index (κ2) is 6.66. The standard InChI is InChI=1S/C15H17N3O/c16-10-14(12-6-2-1-3-7-12)15(19)18-11-13-8-4-5-9-17-13/h1-9,14H,10-11,16H2,(H,18,19). The third-order valence-electron chi connectivity index (χ3n) is 2.92. The molecule has 1 unspecified atom stereocenters. The first-order valence-electron chi connectivity index (χ1n) is 6.24. The van der Waals surface area contributed by atoms with Gasteiger partial charge in [0, 0.05) is 12.7 Å². The van der Waals surface area contributed by atoms with Gasteiger partial charge in [0.25, 0.3) is 0 Å². The molecule has 2 rings (SSSR count). The number of hydrogen-bond donors (Lipinski definition) is 2. The van der Waals surface area contributed by atoms with Gasteiger partial charge in [-0.15, -0.1) is 0 Å². The molecule has 1 atom stereocenters. The van der Waals surface area contributed by atoms with Crippen LogP contribution < -0.4 is 11.1 Å². The van der Waals surface area contributed by atoms with Crippen molar-refractivity contribution in [2.24, 2.45) is 5.73 Å². The van der Waals surface area contributed by atoms with Crippen molar-refractivity contribution in [2.75, 3.05) is 6.54 Å². The summed E-state index contributed by atoms with van der Waals surface area (Å²) in [5.74, 6) is -0.385. The van der Waals surface area contributed by atoms with Crippen LogP contribution in [0.15, 0.2) is 54.7 Å². The first kappa shape index (κ1) is 13.2. The predicted octanol–water partition coefficient (Wildman–Crippen LogP) is 1.44. The van der Waals surface area contributed by atoms with Crippen LogP contribution in [0.25, 0.3) is 0 Å². The average molecular weight is 255 g/mol. The molecule has 0 aliphatic carbocycles. The highest BCUT2D eigenvalue weighted by Gasteiger charge is 2.18. The van der Waals surface area contributed by atoms with Crippen LogP contribution >= 0.6 is 0 Å². The van der Waals surface area contributed by atoms with Gasteiger partial charge in [-0.05, 0) is 17.7 Å². The van der Waals surface area contributed by atoms with Crippen molar-refractivity contribution in [3.8, 4) is 0 Å². The van der Waals surface area contributed by atoms with Crippen molar-refractivity contribution in [2.45, 2.75) is 12.5 Å². The van der Waals surface area contributed by atoms with Crippen LogP contribution in [0.4, 0.5) is 0 Å². The van der Waals surface area contributed by atoms with Crippen molar-refractivity contribution in [1.29, 1.82) is 0 Å². The second-order valence-corrected chi connectivity index (χ2v) is 4.24. The van der Waals surface area contributed by atoms with Crippen LogP contribution in [0.1, 0.15) is 17.2 Å². The van der Waals surface area contributed by atoms with Crippen LogP contribution in [0.3, 0.4) is 0 Å². The maximum absolute atomic E-state index is 12.1. The topological polar surface area (TPSA) is 68.0 Å². The molecule has 19 heavy (non-hydrogen) atoms. The van der Waals surface area contributed by atoms with Gasteiger partial charge in [0.15, 0.2) is 0 Å². The molecule has 98 valence electrons. The number of carbonyl (C=O) groups is 1. The maximum Gasteiger partial charge on any atom is 0.229 e. The Balaban J connectivity index is 1.98. The zero-order chi connectivity index (χ0) is 13.5. The molecule has 0 saturated heterocycles. The van der Waals surface area contributed by atoms with Crippen molar-refractivity contribution < 1.29 is 4.79 Å². The van der Waals surface area contributed by atoms with Crippen molar-refractivity contribution in [3.05, 3.63) is 66.0 Å². The number of rotatable bonds is 5. The van der Waals surface area contributed by atoms with Gasteiger partial charge in [-0.25, -0.2) is 0 Å². The average Bonchev–Trinajstić information content (AvgIpc) is 2.48. The lowest BCUT2D eigenvalue weighted by atomic mass is 9.98. The van der Waals surface area contributed by atoms with Crippen LogP contribution in [0.2, 0.25) is 0 Å². The number of nitrogens with one attached hydrogen (secondary N) is 1. The number of nitrogens with two attached hydrogens (primary N) is 1. The molecule has 0 aliphatic heterocycles. The minimum atomic E-state index is -0.315. The zero-order valence-electron chi connectivity index (χ0n) is 10.6. The van der Waals surface area contributed by atoms with Gasteiger partial charge >= 0.3 is 0 Å². The first-order valence-corrected chi connectivity index (χ1v) is 6.24. The fourth-order valence-corrected chi connectivity index (χ4v) is 1.88. The summed E-state index contributed by atoms with van der Waals surface area (Å²) in [6, 6.07) is 15.2. The summed E-state index contributed by atoms with van der Waals surface area (Å²) in [4.78, 5) is 16.3. The highest BCUT2D eigenvalue weighted by Crippen LogP contribution is 2.14.